The topological polar surface area (TPSA) is 71.1 Å². The molecule has 0 aliphatic carbocycles. The van der Waals surface area contributed by atoms with Crippen LogP contribution in [0.4, 0.5) is 0 Å². The van der Waals surface area contributed by atoms with Gasteiger partial charge in [0.05, 0.1) is 20.1 Å². The molecule has 0 radical (unpaired) electrons. The molecule has 1 N–H and O–H groups in total. The Morgan fingerprint density at radius 3 is 2.65 bits per heavy atom. The van der Waals surface area contributed by atoms with Crippen LogP contribution in [0.3, 0.4) is 0 Å². The fraction of sp³-hybridized carbons (Fsp3) is 0.579. The summed E-state index contributed by atoms with van der Waals surface area (Å²) in [5.74, 6) is 0.980. The van der Waals surface area contributed by atoms with E-state index in [2.05, 4.69) is 10.2 Å². The van der Waals surface area contributed by atoms with Gasteiger partial charge in [0.15, 0.2) is 11.5 Å². The average Bonchev–Trinajstić information content (AvgIpc) is 2.99. The zero-order chi connectivity index (χ0) is 19.1. The van der Waals surface area contributed by atoms with Gasteiger partial charge in [-0.1, -0.05) is 6.07 Å². The number of carbonyl (C=O) groups excluding carboxylic acids is 2. The Balaban J connectivity index is 1.88. The third-order valence-electron chi connectivity index (χ3n) is 4.49. The summed E-state index contributed by atoms with van der Waals surface area (Å²) >= 11 is 0. The van der Waals surface area contributed by atoms with E-state index in [1.54, 1.807) is 19.1 Å². The number of benzene rings is 1. The number of hydrogen-bond acceptors (Lipinski definition) is 5. The Morgan fingerprint density at radius 1 is 1.27 bits per heavy atom. The summed E-state index contributed by atoms with van der Waals surface area (Å²) in [5.41, 5.74) is 0.947. The van der Waals surface area contributed by atoms with Crippen molar-refractivity contribution in [2.75, 3.05) is 47.9 Å². The monoisotopic (exact) mass is 363 g/mol. The molecular formula is C19H29N3O4. The van der Waals surface area contributed by atoms with Crippen molar-refractivity contribution in [1.29, 1.82) is 0 Å². The summed E-state index contributed by atoms with van der Waals surface area (Å²) in [6.07, 6.45) is 1.17. The molecule has 0 aromatic heterocycles. The standard InChI is InChI=1S/C19H29N3O4/c1-21(2)9-5-8-20-19(24)15-11-18(23)22(13-15)12-14-6-7-16(25-3)17(10-14)26-4/h6-7,10,15H,5,8-9,11-13H2,1-4H3,(H,20,24). The van der Waals surface area contributed by atoms with Crippen LogP contribution in [-0.4, -0.2) is 69.6 Å². The second-order valence-corrected chi connectivity index (χ2v) is 6.81. The first-order valence-corrected chi connectivity index (χ1v) is 8.85. The van der Waals surface area contributed by atoms with E-state index >= 15 is 0 Å². The summed E-state index contributed by atoms with van der Waals surface area (Å²) in [4.78, 5) is 28.4. The number of likely N-dealkylation sites (tertiary alicyclic amines) is 1. The van der Waals surface area contributed by atoms with E-state index in [0.717, 1.165) is 18.5 Å². The molecule has 0 bridgehead atoms. The van der Waals surface area contributed by atoms with E-state index in [1.165, 1.54) is 0 Å². The molecule has 1 heterocycles. The van der Waals surface area contributed by atoms with Gasteiger partial charge in [-0.15, -0.1) is 0 Å². The smallest absolute Gasteiger partial charge is 0.225 e. The van der Waals surface area contributed by atoms with Crippen molar-refractivity contribution in [2.24, 2.45) is 5.92 Å². The van der Waals surface area contributed by atoms with Crippen LogP contribution in [0.5, 0.6) is 11.5 Å². The number of rotatable bonds is 9. The Kier molecular flexibility index (Phi) is 7.26. The molecule has 2 amide bonds. The first kappa shape index (κ1) is 20.0. The minimum Gasteiger partial charge on any atom is -0.493 e. The van der Waals surface area contributed by atoms with Gasteiger partial charge in [-0.25, -0.2) is 0 Å². The maximum absolute atomic E-state index is 12.3. The van der Waals surface area contributed by atoms with Crippen molar-refractivity contribution < 1.29 is 19.1 Å². The lowest BCUT2D eigenvalue weighted by Crippen LogP contribution is -2.34. The first-order chi connectivity index (χ1) is 12.4. The number of amides is 2. The van der Waals surface area contributed by atoms with Crippen molar-refractivity contribution in [1.82, 2.24) is 15.1 Å². The van der Waals surface area contributed by atoms with Crippen LogP contribution >= 0.6 is 0 Å². The largest absolute Gasteiger partial charge is 0.493 e. The number of methoxy groups -OCH3 is 2. The molecule has 1 unspecified atom stereocenters. The number of nitrogens with zero attached hydrogens (tertiary/aromatic N) is 2. The van der Waals surface area contributed by atoms with E-state index in [1.807, 2.05) is 32.3 Å². The van der Waals surface area contributed by atoms with E-state index in [0.29, 0.717) is 31.1 Å². The fourth-order valence-electron chi connectivity index (χ4n) is 3.05. The lowest BCUT2D eigenvalue weighted by molar-refractivity contribution is -0.129. The third-order valence-corrected chi connectivity index (χ3v) is 4.49. The van der Waals surface area contributed by atoms with Crippen LogP contribution in [0, 0.1) is 5.92 Å². The maximum Gasteiger partial charge on any atom is 0.225 e. The molecule has 1 aliphatic heterocycles. The highest BCUT2D eigenvalue weighted by Crippen LogP contribution is 2.29. The molecule has 7 nitrogen and oxygen atoms in total. The van der Waals surface area contributed by atoms with Gasteiger partial charge in [0, 0.05) is 26.1 Å². The van der Waals surface area contributed by atoms with Crippen molar-refractivity contribution in [3.05, 3.63) is 23.8 Å². The molecule has 1 atom stereocenters. The van der Waals surface area contributed by atoms with Crippen LogP contribution in [-0.2, 0) is 16.1 Å². The molecule has 1 saturated heterocycles. The molecule has 0 spiro atoms. The highest BCUT2D eigenvalue weighted by atomic mass is 16.5. The molecule has 1 aromatic rings. The second kappa shape index (κ2) is 9.43. The minimum atomic E-state index is -0.276. The molecule has 2 rings (SSSR count). The lowest BCUT2D eigenvalue weighted by atomic mass is 10.1. The number of nitrogens with one attached hydrogen (secondary N) is 1. The van der Waals surface area contributed by atoms with Gasteiger partial charge in [0.2, 0.25) is 11.8 Å². The summed E-state index contributed by atoms with van der Waals surface area (Å²) in [7, 11) is 7.18. The molecule has 26 heavy (non-hydrogen) atoms. The zero-order valence-corrected chi connectivity index (χ0v) is 16.1. The zero-order valence-electron chi connectivity index (χ0n) is 16.1. The normalized spacial score (nSPS) is 16.9. The van der Waals surface area contributed by atoms with Gasteiger partial charge in [-0.05, 0) is 44.8 Å². The molecule has 1 aliphatic rings. The lowest BCUT2D eigenvalue weighted by Gasteiger charge is -2.18. The summed E-state index contributed by atoms with van der Waals surface area (Å²) in [5, 5.41) is 2.94. The van der Waals surface area contributed by atoms with Gasteiger partial charge in [0.25, 0.3) is 0 Å². The fourth-order valence-corrected chi connectivity index (χ4v) is 3.05. The Labute approximate surface area is 155 Å². The average molecular weight is 363 g/mol. The highest BCUT2D eigenvalue weighted by molar-refractivity contribution is 5.89. The van der Waals surface area contributed by atoms with Gasteiger partial charge in [0.1, 0.15) is 0 Å². The van der Waals surface area contributed by atoms with Crippen molar-refractivity contribution in [3.8, 4) is 11.5 Å². The maximum atomic E-state index is 12.3. The highest BCUT2D eigenvalue weighted by Gasteiger charge is 2.34. The van der Waals surface area contributed by atoms with Crippen molar-refractivity contribution in [3.63, 3.8) is 0 Å². The SMILES string of the molecule is COc1ccc(CN2CC(C(=O)NCCCN(C)C)CC2=O)cc1OC. The van der Waals surface area contributed by atoms with E-state index in [9.17, 15) is 9.59 Å². The van der Waals surface area contributed by atoms with E-state index in [4.69, 9.17) is 9.47 Å². The van der Waals surface area contributed by atoms with Crippen LogP contribution in [0.25, 0.3) is 0 Å². The predicted octanol–water partition coefficient (Wildman–Crippen LogP) is 1.12. The van der Waals surface area contributed by atoms with Gasteiger partial charge >= 0.3 is 0 Å². The number of hydrogen-bond donors (Lipinski definition) is 1. The molecule has 0 saturated carbocycles. The summed E-state index contributed by atoms with van der Waals surface area (Å²) < 4.78 is 10.5. The van der Waals surface area contributed by atoms with Gasteiger partial charge < -0.3 is 24.6 Å². The number of ether oxygens (including phenoxy) is 2. The molecule has 7 heteroatoms. The van der Waals surface area contributed by atoms with Gasteiger partial charge in [-0.2, -0.15) is 0 Å². The van der Waals surface area contributed by atoms with E-state index in [-0.39, 0.29) is 24.2 Å². The predicted molar refractivity (Wildman–Crippen MR) is 99.3 cm³/mol. The molecule has 1 fully saturated rings. The summed E-state index contributed by atoms with van der Waals surface area (Å²) in [6.45, 7) is 2.48. The minimum absolute atomic E-state index is 0.00762. The van der Waals surface area contributed by atoms with Crippen LogP contribution < -0.4 is 14.8 Å². The Morgan fingerprint density at radius 2 is 2.00 bits per heavy atom. The molecule has 1 aromatic carbocycles. The number of carbonyl (C=O) groups is 2. The Bertz CT molecular complexity index is 633. The summed E-state index contributed by atoms with van der Waals surface area (Å²) in [6, 6.07) is 5.59. The molecular weight excluding hydrogens is 334 g/mol. The second-order valence-electron chi connectivity index (χ2n) is 6.81. The van der Waals surface area contributed by atoms with Crippen LogP contribution in [0.15, 0.2) is 18.2 Å². The van der Waals surface area contributed by atoms with Crippen molar-refractivity contribution >= 4 is 11.8 Å². The third kappa shape index (κ3) is 5.36. The Hall–Kier alpha value is -2.28. The van der Waals surface area contributed by atoms with E-state index < -0.39 is 0 Å². The van der Waals surface area contributed by atoms with Gasteiger partial charge in [-0.3, -0.25) is 9.59 Å². The molecule has 144 valence electrons. The quantitative estimate of drug-likeness (QED) is 0.666. The van der Waals surface area contributed by atoms with Crippen LogP contribution in [0.2, 0.25) is 0 Å². The van der Waals surface area contributed by atoms with Crippen molar-refractivity contribution in [2.45, 2.75) is 19.4 Å². The van der Waals surface area contributed by atoms with Crippen LogP contribution in [0.1, 0.15) is 18.4 Å². The first-order valence-electron chi connectivity index (χ1n) is 8.85.